The highest BCUT2D eigenvalue weighted by molar-refractivity contribution is 7.18. The predicted octanol–water partition coefficient (Wildman–Crippen LogP) is 1.23. The van der Waals surface area contributed by atoms with Crippen LogP contribution < -0.4 is 11.1 Å². The Morgan fingerprint density at radius 2 is 1.95 bits per heavy atom. The molecule has 0 aliphatic rings. The number of amides is 1. The molecule has 0 saturated heterocycles. The second-order valence-electron chi connectivity index (χ2n) is 3.99. The van der Waals surface area contributed by atoms with Crippen LogP contribution in [0.25, 0.3) is 0 Å². The van der Waals surface area contributed by atoms with Gasteiger partial charge in [-0.3, -0.25) is 9.69 Å². The van der Waals surface area contributed by atoms with E-state index in [2.05, 4.69) is 5.32 Å². The minimum absolute atomic E-state index is 0.0514. The summed E-state index contributed by atoms with van der Waals surface area (Å²) in [5.41, 5.74) is 6.28. The average Bonchev–Trinajstić information content (AvgIpc) is 2.71. The lowest BCUT2D eigenvalue weighted by molar-refractivity contribution is 0.0696. The number of thiophene rings is 1. The highest BCUT2D eigenvalue weighted by Gasteiger charge is 2.26. The van der Waals surface area contributed by atoms with Gasteiger partial charge in [-0.25, -0.2) is 4.79 Å². The fourth-order valence-corrected chi connectivity index (χ4v) is 2.85. The summed E-state index contributed by atoms with van der Waals surface area (Å²) in [5, 5.41) is 11.9. The van der Waals surface area contributed by atoms with E-state index in [1.807, 2.05) is 18.7 Å². The Labute approximate surface area is 116 Å². The summed E-state index contributed by atoms with van der Waals surface area (Å²) >= 11 is 1.02. The van der Waals surface area contributed by atoms with Crippen LogP contribution in [-0.2, 0) is 6.54 Å². The molecular weight excluding hydrogens is 266 g/mol. The molecule has 4 N–H and O–H groups in total. The number of anilines is 1. The van der Waals surface area contributed by atoms with E-state index < -0.39 is 5.97 Å². The van der Waals surface area contributed by atoms with Crippen LogP contribution in [0.4, 0.5) is 5.00 Å². The van der Waals surface area contributed by atoms with Crippen LogP contribution in [0, 0.1) is 0 Å². The molecule has 0 aromatic carbocycles. The average molecular weight is 285 g/mol. The maximum absolute atomic E-state index is 11.8. The van der Waals surface area contributed by atoms with E-state index in [0.29, 0.717) is 17.0 Å². The number of aromatic carboxylic acids is 1. The zero-order valence-electron chi connectivity index (χ0n) is 11.3. The topological polar surface area (TPSA) is 95.7 Å². The maximum Gasteiger partial charge on any atom is 0.339 e. The van der Waals surface area contributed by atoms with Gasteiger partial charge in [-0.2, -0.15) is 0 Å². The third kappa shape index (κ3) is 3.24. The van der Waals surface area contributed by atoms with Gasteiger partial charge in [-0.15, -0.1) is 11.3 Å². The molecule has 7 heteroatoms. The number of carbonyl (C=O) groups excluding carboxylic acids is 1. The van der Waals surface area contributed by atoms with Gasteiger partial charge in [0.25, 0.3) is 5.91 Å². The lowest BCUT2D eigenvalue weighted by atomic mass is 10.1. The van der Waals surface area contributed by atoms with Gasteiger partial charge in [0.05, 0.1) is 10.4 Å². The number of nitrogens with zero attached hydrogens (tertiary/aromatic N) is 1. The molecule has 1 aromatic rings. The van der Waals surface area contributed by atoms with Crippen LogP contribution in [0.1, 0.15) is 39.4 Å². The molecule has 6 nitrogen and oxygen atoms in total. The third-order valence-electron chi connectivity index (χ3n) is 2.96. The predicted molar refractivity (Wildman–Crippen MR) is 75.7 cm³/mol. The minimum Gasteiger partial charge on any atom is -0.478 e. The minimum atomic E-state index is -1.09. The monoisotopic (exact) mass is 285 g/mol. The highest BCUT2D eigenvalue weighted by atomic mass is 32.1. The van der Waals surface area contributed by atoms with Crippen molar-refractivity contribution in [3.63, 3.8) is 0 Å². The lowest BCUT2D eigenvalue weighted by Gasteiger charge is -2.18. The van der Waals surface area contributed by atoms with Crippen LogP contribution in [-0.4, -0.2) is 42.0 Å². The van der Waals surface area contributed by atoms with E-state index in [-0.39, 0.29) is 16.5 Å². The first-order valence-corrected chi connectivity index (χ1v) is 6.86. The summed E-state index contributed by atoms with van der Waals surface area (Å²) < 4.78 is 0. The van der Waals surface area contributed by atoms with Gasteiger partial charge in [0.2, 0.25) is 0 Å². The van der Waals surface area contributed by atoms with E-state index >= 15 is 0 Å². The van der Waals surface area contributed by atoms with E-state index in [4.69, 9.17) is 5.73 Å². The Bertz CT molecular complexity index is 481. The van der Waals surface area contributed by atoms with Crippen LogP contribution >= 0.6 is 11.3 Å². The van der Waals surface area contributed by atoms with Crippen molar-refractivity contribution in [2.75, 3.05) is 25.9 Å². The van der Waals surface area contributed by atoms with E-state index in [0.717, 1.165) is 24.4 Å². The molecule has 1 amide bonds. The fourth-order valence-electron chi connectivity index (χ4n) is 1.84. The Morgan fingerprint density at radius 1 is 1.37 bits per heavy atom. The standard InChI is InChI=1S/C12H19N3O3S/c1-4-15(5-2)6-7-8(12(17)18)10(13)19-9(7)11(16)14-3/h4-6,13H2,1-3H3,(H,14,16)(H,17,18). The highest BCUT2D eigenvalue weighted by Crippen LogP contribution is 2.32. The molecule has 0 fully saturated rings. The summed E-state index contributed by atoms with van der Waals surface area (Å²) in [6.45, 7) is 5.93. The molecule has 1 rings (SSSR count). The number of nitrogen functional groups attached to an aromatic ring is 1. The van der Waals surface area contributed by atoms with E-state index in [1.165, 1.54) is 7.05 Å². The van der Waals surface area contributed by atoms with Gasteiger partial charge in [-0.1, -0.05) is 13.8 Å². The molecule has 0 aliphatic carbocycles. The molecule has 0 unspecified atom stereocenters. The Hall–Kier alpha value is -1.60. The largest absolute Gasteiger partial charge is 0.478 e. The molecule has 106 valence electrons. The van der Waals surface area contributed by atoms with Crippen LogP contribution in [0.3, 0.4) is 0 Å². The molecule has 1 aromatic heterocycles. The smallest absolute Gasteiger partial charge is 0.339 e. The third-order valence-corrected chi connectivity index (χ3v) is 4.02. The second kappa shape index (κ2) is 6.53. The van der Waals surface area contributed by atoms with Crippen LogP contribution in [0.15, 0.2) is 0 Å². The number of hydrogen-bond acceptors (Lipinski definition) is 5. The first-order chi connectivity index (χ1) is 8.96. The number of rotatable bonds is 6. The van der Waals surface area contributed by atoms with Crippen molar-refractivity contribution in [3.05, 3.63) is 16.0 Å². The van der Waals surface area contributed by atoms with Gasteiger partial charge < -0.3 is 16.2 Å². The fraction of sp³-hybridized carbons (Fsp3) is 0.500. The number of carbonyl (C=O) groups is 2. The van der Waals surface area contributed by atoms with Crippen molar-refractivity contribution < 1.29 is 14.7 Å². The normalized spacial score (nSPS) is 10.7. The first-order valence-electron chi connectivity index (χ1n) is 6.05. The van der Waals surface area contributed by atoms with Gasteiger partial charge in [0, 0.05) is 19.2 Å². The van der Waals surface area contributed by atoms with Crippen molar-refractivity contribution in [2.45, 2.75) is 20.4 Å². The summed E-state index contributed by atoms with van der Waals surface area (Å²) in [4.78, 5) is 25.5. The first kappa shape index (κ1) is 15.5. The molecule has 0 spiro atoms. The Kier molecular flexibility index (Phi) is 5.31. The van der Waals surface area contributed by atoms with E-state index in [1.54, 1.807) is 0 Å². The van der Waals surface area contributed by atoms with Crippen molar-refractivity contribution in [2.24, 2.45) is 0 Å². The van der Waals surface area contributed by atoms with Crippen LogP contribution in [0.2, 0.25) is 0 Å². The zero-order chi connectivity index (χ0) is 14.6. The van der Waals surface area contributed by atoms with Crippen molar-refractivity contribution in [1.29, 1.82) is 0 Å². The quantitative estimate of drug-likeness (QED) is 0.730. The Balaban J connectivity index is 3.30. The number of carboxylic acids is 1. The molecule has 0 bridgehead atoms. The summed E-state index contributed by atoms with van der Waals surface area (Å²) in [5.74, 6) is -1.39. The number of carboxylic acid groups (broad SMARTS) is 1. The Morgan fingerprint density at radius 3 is 2.37 bits per heavy atom. The number of nitrogens with one attached hydrogen (secondary N) is 1. The summed E-state index contributed by atoms with van der Waals surface area (Å²) in [6.07, 6.45) is 0. The molecule has 0 saturated carbocycles. The maximum atomic E-state index is 11.8. The van der Waals surface area contributed by atoms with Gasteiger partial charge in [0.15, 0.2) is 0 Å². The molecule has 0 radical (unpaired) electrons. The second-order valence-corrected chi connectivity index (χ2v) is 5.05. The SMILES string of the molecule is CCN(CC)Cc1c(C(=O)NC)sc(N)c1C(=O)O. The van der Waals surface area contributed by atoms with Crippen molar-refractivity contribution in [1.82, 2.24) is 10.2 Å². The van der Waals surface area contributed by atoms with Gasteiger partial charge in [-0.05, 0) is 13.1 Å². The van der Waals surface area contributed by atoms with Crippen LogP contribution in [0.5, 0.6) is 0 Å². The molecular formula is C12H19N3O3S. The number of hydrogen-bond donors (Lipinski definition) is 3. The molecule has 0 atom stereocenters. The van der Waals surface area contributed by atoms with Gasteiger partial charge in [0.1, 0.15) is 5.00 Å². The van der Waals surface area contributed by atoms with E-state index in [9.17, 15) is 14.7 Å². The molecule has 0 aliphatic heterocycles. The van der Waals surface area contributed by atoms with Gasteiger partial charge >= 0.3 is 5.97 Å². The lowest BCUT2D eigenvalue weighted by Crippen LogP contribution is -2.26. The summed E-state index contributed by atoms with van der Waals surface area (Å²) in [7, 11) is 1.51. The molecule has 1 heterocycles. The summed E-state index contributed by atoms with van der Waals surface area (Å²) in [6, 6.07) is 0. The van der Waals surface area contributed by atoms with Crippen molar-refractivity contribution in [3.8, 4) is 0 Å². The van der Waals surface area contributed by atoms with Crippen molar-refractivity contribution >= 4 is 28.2 Å². The zero-order valence-corrected chi connectivity index (χ0v) is 12.1. The molecule has 19 heavy (non-hydrogen) atoms. The number of nitrogens with two attached hydrogens (primary N) is 1.